The number of carbonyl (C=O) groups is 1. The molecule has 1 aromatic carbocycles. The number of benzene rings is 1. The number of carbonyl (C=O) groups excluding carboxylic acids is 1. The molecule has 116 valence electrons. The van der Waals surface area contributed by atoms with Crippen molar-refractivity contribution in [1.82, 2.24) is 4.90 Å². The van der Waals surface area contributed by atoms with Gasteiger partial charge in [0, 0.05) is 24.0 Å². The van der Waals surface area contributed by atoms with Crippen molar-refractivity contribution in [2.75, 3.05) is 11.9 Å². The summed E-state index contributed by atoms with van der Waals surface area (Å²) in [5.74, 6) is -1.34. The Morgan fingerprint density at radius 3 is 2.57 bits per heavy atom. The van der Waals surface area contributed by atoms with E-state index in [2.05, 4.69) is 15.9 Å². The average molecular weight is 360 g/mol. The van der Waals surface area contributed by atoms with E-state index in [0.29, 0.717) is 11.9 Å². The number of amides is 1. The van der Waals surface area contributed by atoms with Crippen LogP contribution in [-0.2, 0) is 11.2 Å². The monoisotopic (exact) mass is 359 g/mol. The minimum absolute atomic E-state index is 0.00435. The van der Waals surface area contributed by atoms with Gasteiger partial charge in [0.15, 0.2) is 0 Å². The predicted octanol–water partition coefficient (Wildman–Crippen LogP) is 4.06. The Morgan fingerprint density at radius 2 is 1.95 bits per heavy atom. The van der Waals surface area contributed by atoms with Gasteiger partial charge in [0.05, 0.1) is 6.42 Å². The van der Waals surface area contributed by atoms with Crippen LogP contribution < -0.4 is 0 Å². The largest absolute Gasteiger partial charge is 0.339 e. The lowest BCUT2D eigenvalue weighted by atomic mass is 9.93. The van der Waals surface area contributed by atoms with Crippen LogP contribution in [0.3, 0.4) is 0 Å². The van der Waals surface area contributed by atoms with Gasteiger partial charge in [-0.3, -0.25) is 4.79 Å². The van der Waals surface area contributed by atoms with Gasteiger partial charge in [-0.15, -0.1) is 0 Å². The Balaban J connectivity index is 2.07. The Hall–Kier alpha value is -0.970. The molecule has 0 heterocycles. The fourth-order valence-corrected chi connectivity index (χ4v) is 3.31. The smallest absolute Gasteiger partial charge is 0.227 e. The highest BCUT2D eigenvalue weighted by atomic mass is 79.9. The van der Waals surface area contributed by atoms with E-state index >= 15 is 0 Å². The number of alkyl halides is 1. The van der Waals surface area contributed by atoms with E-state index in [1.54, 1.807) is 0 Å². The Labute approximate surface area is 132 Å². The third-order valence-corrected chi connectivity index (χ3v) is 4.37. The summed E-state index contributed by atoms with van der Waals surface area (Å²) in [6, 6.07) is 3.64. The lowest BCUT2D eigenvalue weighted by Gasteiger charge is -2.34. The van der Waals surface area contributed by atoms with Gasteiger partial charge < -0.3 is 4.90 Å². The number of hydrogen-bond acceptors (Lipinski definition) is 1. The van der Waals surface area contributed by atoms with Crippen LogP contribution in [0.25, 0.3) is 0 Å². The van der Waals surface area contributed by atoms with Crippen molar-refractivity contribution < 1.29 is 13.6 Å². The summed E-state index contributed by atoms with van der Waals surface area (Å²) < 4.78 is 26.6. The SMILES string of the molecule is O=C(Cc1ccc(F)cc1F)N(CCBr)C1CCCCC1. The zero-order chi connectivity index (χ0) is 15.2. The van der Waals surface area contributed by atoms with E-state index in [1.807, 2.05) is 4.90 Å². The molecule has 0 atom stereocenters. The number of hydrogen-bond donors (Lipinski definition) is 0. The molecule has 1 saturated carbocycles. The molecule has 1 amide bonds. The summed E-state index contributed by atoms with van der Waals surface area (Å²) in [6.45, 7) is 0.631. The van der Waals surface area contributed by atoms with Crippen LogP contribution in [0, 0.1) is 11.6 Å². The molecule has 1 aliphatic carbocycles. The van der Waals surface area contributed by atoms with Gasteiger partial charge in [0.1, 0.15) is 11.6 Å². The molecular weight excluding hydrogens is 340 g/mol. The average Bonchev–Trinajstić information content (AvgIpc) is 2.48. The number of halogens is 3. The first-order valence-electron chi connectivity index (χ1n) is 7.41. The molecule has 0 unspecified atom stereocenters. The zero-order valence-electron chi connectivity index (χ0n) is 12.0. The summed E-state index contributed by atoms with van der Waals surface area (Å²) in [6.07, 6.45) is 5.54. The van der Waals surface area contributed by atoms with Crippen LogP contribution in [-0.4, -0.2) is 28.7 Å². The van der Waals surface area contributed by atoms with E-state index < -0.39 is 11.6 Å². The first-order chi connectivity index (χ1) is 10.1. The van der Waals surface area contributed by atoms with Crippen molar-refractivity contribution in [3.05, 3.63) is 35.4 Å². The fraction of sp³-hybridized carbons (Fsp3) is 0.562. The molecule has 0 spiro atoms. The topological polar surface area (TPSA) is 20.3 Å². The van der Waals surface area contributed by atoms with E-state index in [0.717, 1.165) is 31.7 Å². The second kappa shape index (κ2) is 7.87. The quantitative estimate of drug-likeness (QED) is 0.725. The van der Waals surface area contributed by atoms with Crippen LogP contribution in [0.5, 0.6) is 0 Å². The maximum absolute atomic E-state index is 13.7. The third kappa shape index (κ3) is 4.50. The van der Waals surface area contributed by atoms with Crippen molar-refractivity contribution in [2.24, 2.45) is 0 Å². The van der Waals surface area contributed by atoms with Crippen LogP contribution >= 0.6 is 15.9 Å². The first-order valence-corrected chi connectivity index (χ1v) is 8.53. The summed E-state index contributed by atoms with van der Waals surface area (Å²) in [5, 5.41) is 0.709. The van der Waals surface area contributed by atoms with E-state index in [1.165, 1.54) is 18.6 Å². The van der Waals surface area contributed by atoms with Gasteiger partial charge in [0.25, 0.3) is 0 Å². The molecule has 2 nitrogen and oxygen atoms in total. The maximum atomic E-state index is 13.7. The molecule has 0 N–H and O–H groups in total. The van der Waals surface area contributed by atoms with Crippen molar-refractivity contribution in [1.29, 1.82) is 0 Å². The minimum atomic E-state index is -0.647. The highest BCUT2D eigenvalue weighted by molar-refractivity contribution is 9.09. The zero-order valence-corrected chi connectivity index (χ0v) is 13.5. The third-order valence-electron chi connectivity index (χ3n) is 4.02. The van der Waals surface area contributed by atoms with Gasteiger partial charge in [0.2, 0.25) is 5.91 Å². The molecule has 1 aromatic rings. The maximum Gasteiger partial charge on any atom is 0.227 e. The van der Waals surface area contributed by atoms with E-state index in [4.69, 9.17) is 0 Å². The Morgan fingerprint density at radius 1 is 1.24 bits per heavy atom. The van der Waals surface area contributed by atoms with Gasteiger partial charge >= 0.3 is 0 Å². The van der Waals surface area contributed by atoms with E-state index in [-0.39, 0.29) is 23.9 Å². The summed E-state index contributed by atoms with van der Waals surface area (Å²) in [7, 11) is 0. The van der Waals surface area contributed by atoms with E-state index in [9.17, 15) is 13.6 Å². The molecule has 1 aliphatic rings. The molecule has 0 aromatic heterocycles. The lowest BCUT2D eigenvalue weighted by Crippen LogP contribution is -2.43. The highest BCUT2D eigenvalue weighted by Gasteiger charge is 2.25. The van der Waals surface area contributed by atoms with Crippen molar-refractivity contribution in [3.8, 4) is 0 Å². The summed E-state index contributed by atoms with van der Waals surface area (Å²) >= 11 is 3.38. The molecule has 1 fully saturated rings. The Kier molecular flexibility index (Phi) is 6.15. The van der Waals surface area contributed by atoms with Crippen LogP contribution in [0.4, 0.5) is 8.78 Å². The van der Waals surface area contributed by atoms with Crippen molar-refractivity contribution in [3.63, 3.8) is 0 Å². The minimum Gasteiger partial charge on any atom is -0.339 e. The van der Waals surface area contributed by atoms with Crippen LogP contribution in [0.15, 0.2) is 18.2 Å². The number of rotatable bonds is 5. The summed E-state index contributed by atoms with van der Waals surface area (Å²) in [4.78, 5) is 14.3. The molecular formula is C16H20BrF2NO. The molecule has 0 radical (unpaired) electrons. The van der Waals surface area contributed by atoms with Crippen LogP contribution in [0.2, 0.25) is 0 Å². The first kappa shape index (κ1) is 16.4. The van der Waals surface area contributed by atoms with Gasteiger partial charge in [-0.05, 0) is 24.5 Å². The normalized spacial score (nSPS) is 16.0. The molecule has 2 rings (SSSR count). The molecule has 5 heteroatoms. The van der Waals surface area contributed by atoms with Gasteiger partial charge in [-0.2, -0.15) is 0 Å². The Bertz CT molecular complexity index is 489. The second-order valence-electron chi connectivity index (χ2n) is 5.48. The fourth-order valence-electron chi connectivity index (χ4n) is 2.92. The highest BCUT2D eigenvalue weighted by Crippen LogP contribution is 2.23. The van der Waals surface area contributed by atoms with Gasteiger partial charge in [-0.25, -0.2) is 8.78 Å². The molecule has 0 aliphatic heterocycles. The molecule has 0 bridgehead atoms. The predicted molar refractivity (Wildman–Crippen MR) is 82.4 cm³/mol. The lowest BCUT2D eigenvalue weighted by molar-refractivity contribution is -0.133. The second-order valence-corrected chi connectivity index (χ2v) is 6.27. The standard InChI is InChI=1S/C16H20BrF2NO/c17-8-9-20(14-4-2-1-3-5-14)16(21)10-12-6-7-13(18)11-15(12)19/h6-7,11,14H,1-5,8-10H2. The molecule has 0 saturated heterocycles. The summed E-state index contributed by atoms with van der Waals surface area (Å²) in [5.41, 5.74) is 0.261. The molecule has 21 heavy (non-hydrogen) atoms. The van der Waals surface area contributed by atoms with Crippen molar-refractivity contribution >= 4 is 21.8 Å². The van der Waals surface area contributed by atoms with Gasteiger partial charge in [-0.1, -0.05) is 41.3 Å². The van der Waals surface area contributed by atoms with Crippen LogP contribution in [0.1, 0.15) is 37.7 Å². The van der Waals surface area contributed by atoms with Crippen molar-refractivity contribution in [2.45, 2.75) is 44.6 Å². The number of nitrogens with zero attached hydrogens (tertiary/aromatic N) is 1.